The van der Waals surface area contributed by atoms with Crippen LogP contribution >= 0.6 is 0 Å². The lowest BCUT2D eigenvalue weighted by molar-refractivity contribution is -0.123. The van der Waals surface area contributed by atoms with Crippen molar-refractivity contribution in [2.24, 2.45) is 40.4 Å². The Bertz CT molecular complexity index is 667. The molecule has 3 saturated carbocycles. The third-order valence-corrected chi connectivity index (χ3v) is 10.2. The van der Waals surface area contributed by atoms with Crippen molar-refractivity contribution in [1.29, 1.82) is 0 Å². The van der Waals surface area contributed by atoms with E-state index in [2.05, 4.69) is 33.8 Å². The van der Waals surface area contributed by atoms with Gasteiger partial charge in [-0.05, 0) is 92.8 Å². The van der Waals surface area contributed by atoms with Crippen LogP contribution in [0, 0.1) is 40.4 Å². The number of allylic oxidation sites excluding steroid dienone is 1. The first-order valence-corrected chi connectivity index (χ1v) is 12.8. The van der Waals surface area contributed by atoms with E-state index in [1.54, 1.807) is 0 Å². The molecule has 3 fully saturated rings. The lowest BCUT2D eigenvalue weighted by Crippen LogP contribution is -2.53. The van der Waals surface area contributed by atoms with E-state index in [4.69, 9.17) is 0 Å². The van der Waals surface area contributed by atoms with Gasteiger partial charge in [0.05, 0.1) is 17.8 Å². The van der Waals surface area contributed by atoms with Gasteiger partial charge in [-0.15, -0.1) is 0 Å². The quantitative estimate of drug-likeness (QED) is 0.519. The summed E-state index contributed by atoms with van der Waals surface area (Å²) in [4.78, 5) is 0. The molecule has 3 N–H and O–H groups in total. The van der Waals surface area contributed by atoms with Crippen LogP contribution in [0.4, 0.5) is 0 Å². The van der Waals surface area contributed by atoms with Crippen LogP contribution in [0.25, 0.3) is 0 Å². The third-order valence-electron chi connectivity index (χ3n) is 10.2. The Morgan fingerprint density at radius 3 is 2.57 bits per heavy atom. The van der Waals surface area contributed by atoms with Gasteiger partial charge in [-0.2, -0.15) is 0 Å². The molecule has 0 bridgehead atoms. The first-order valence-electron chi connectivity index (χ1n) is 12.8. The zero-order valence-corrected chi connectivity index (χ0v) is 20.0. The van der Waals surface area contributed by atoms with Crippen LogP contribution in [0.5, 0.6) is 0 Å². The summed E-state index contributed by atoms with van der Waals surface area (Å²) < 4.78 is 0. The van der Waals surface area contributed by atoms with Gasteiger partial charge in [0.2, 0.25) is 0 Å². The van der Waals surface area contributed by atoms with Crippen molar-refractivity contribution in [3.05, 3.63) is 11.6 Å². The fourth-order valence-electron chi connectivity index (χ4n) is 8.80. The van der Waals surface area contributed by atoms with E-state index in [0.29, 0.717) is 23.7 Å². The summed E-state index contributed by atoms with van der Waals surface area (Å²) >= 11 is 0. The Labute approximate surface area is 184 Å². The number of rotatable bonds is 5. The molecule has 0 saturated heterocycles. The van der Waals surface area contributed by atoms with Crippen molar-refractivity contribution < 1.29 is 15.3 Å². The Morgan fingerprint density at radius 2 is 1.87 bits per heavy atom. The zero-order valence-electron chi connectivity index (χ0n) is 20.0. The molecule has 0 heterocycles. The molecular weight excluding hydrogens is 372 g/mol. The summed E-state index contributed by atoms with van der Waals surface area (Å²) in [5, 5.41) is 33.0. The van der Waals surface area contributed by atoms with Gasteiger partial charge in [0, 0.05) is 5.92 Å². The minimum atomic E-state index is -0.793. The number of fused-ring (bicyclic) bond motifs is 5. The molecule has 0 aliphatic heterocycles. The average Bonchev–Trinajstić information content (AvgIpc) is 2.92. The molecule has 9 atom stereocenters. The minimum Gasteiger partial charge on any atom is -0.393 e. The highest BCUT2D eigenvalue weighted by Crippen LogP contribution is 2.67. The largest absolute Gasteiger partial charge is 0.393 e. The predicted octanol–water partition coefficient (Wildman–Crippen LogP) is 5.47. The Morgan fingerprint density at radius 1 is 1.13 bits per heavy atom. The molecular formula is C27H46O3. The summed E-state index contributed by atoms with van der Waals surface area (Å²) in [5.74, 6) is 2.41. The molecule has 0 aromatic rings. The molecule has 3 nitrogen and oxygen atoms in total. The van der Waals surface area contributed by atoms with E-state index >= 15 is 0 Å². The van der Waals surface area contributed by atoms with Gasteiger partial charge in [0.15, 0.2) is 0 Å². The summed E-state index contributed by atoms with van der Waals surface area (Å²) in [6.07, 6.45) is 12.0. The van der Waals surface area contributed by atoms with E-state index in [1.165, 1.54) is 12.0 Å². The van der Waals surface area contributed by atoms with Crippen LogP contribution in [0.15, 0.2) is 11.6 Å². The zero-order chi connectivity index (χ0) is 21.9. The normalized spacial score (nSPS) is 47.8. The third kappa shape index (κ3) is 3.61. The molecule has 0 spiro atoms. The highest BCUT2D eigenvalue weighted by molar-refractivity contribution is 5.26. The number of hydrogen-bond donors (Lipinski definition) is 3. The number of hydrogen-bond acceptors (Lipinski definition) is 3. The van der Waals surface area contributed by atoms with Gasteiger partial charge < -0.3 is 15.3 Å². The molecule has 172 valence electrons. The van der Waals surface area contributed by atoms with Gasteiger partial charge in [-0.3, -0.25) is 0 Å². The maximum atomic E-state index is 11.6. The van der Waals surface area contributed by atoms with Gasteiger partial charge in [-0.1, -0.05) is 52.2 Å². The van der Waals surface area contributed by atoms with Crippen LogP contribution in [-0.2, 0) is 0 Å². The second-order valence-electron chi connectivity index (χ2n) is 12.6. The first kappa shape index (κ1) is 22.8. The van der Waals surface area contributed by atoms with E-state index in [9.17, 15) is 15.3 Å². The van der Waals surface area contributed by atoms with E-state index in [-0.39, 0.29) is 29.0 Å². The molecule has 4 rings (SSSR count). The molecule has 4 aliphatic rings. The monoisotopic (exact) mass is 418 g/mol. The summed E-state index contributed by atoms with van der Waals surface area (Å²) in [5.41, 5.74) is 0.963. The van der Waals surface area contributed by atoms with Gasteiger partial charge in [0.25, 0.3) is 0 Å². The molecule has 4 aliphatic carbocycles. The summed E-state index contributed by atoms with van der Waals surface area (Å²) in [6, 6.07) is 0. The molecule has 0 unspecified atom stereocenters. The van der Waals surface area contributed by atoms with Crippen molar-refractivity contribution >= 4 is 0 Å². The maximum absolute atomic E-state index is 11.6. The molecule has 0 aromatic carbocycles. The highest BCUT2D eigenvalue weighted by Gasteiger charge is 2.63. The van der Waals surface area contributed by atoms with Crippen molar-refractivity contribution in [3.8, 4) is 0 Å². The minimum absolute atomic E-state index is 0.0190. The van der Waals surface area contributed by atoms with Crippen LogP contribution in [-0.4, -0.2) is 33.1 Å². The van der Waals surface area contributed by atoms with Crippen LogP contribution in [0.2, 0.25) is 0 Å². The molecule has 30 heavy (non-hydrogen) atoms. The predicted molar refractivity (Wildman–Crippen MR) is 122 cm³/mol. The summed E-state index contributed by atoms with van der Waals surface area (Å²) in [6.45, 7) is 11.3. The van der Waals surface area contributed by atoms with Crippen LogP contribution < -0.4 is 0 Å². The Hall–Kier alpha value is -0.380. The lowest BCUT2D eigenvalue weighted by atomic mass is 9.46. The second-order valence-corrected chi connectivity index (χ2v) is 12.6. The molecule has 3 heteroatoms. The van der Waals surface area contributed by atoms with Crippen LogP contribution in [0.1, 0.15) is 98.8 Å². The van der Waals surface area contributed by atoms with Crippen LogP contribution in [0.3, 0.4) is 0 Å². The SMILES string of the molecule is CC(C)CCC[C@@](C)(O)[C@H]1[C@@H](O)C[C@H]2[C@@H]3CC=C4C[C@@H](O)CC[C@]4(C)[C@H]3CC[C@@]21C. The maximum Gasteiger partial charge on any atom is 0.0677 e. The average molecular weight is 419 g/mol. The number of aliphatic hydroxyl groups is 3. The van der Waals surface area contributed by atoms with Gasteiger partial charge in [-0.25, -0.2) is 0 Å². The van der Waals surface area contributed by atoms with E-state index < -0.39 is 5.60 Å². The Kier molecular flexibility index (Phi) is 5.99. The fourth-order valence-corrected chi connectivity index (χ4v) is 8.80. The van der Waals surface area contributed by atoms with Crippen molar-refractivity contribution in [3.63, 3.8) is 0 Å². The lowest BCUT2D eigenvalue weighted by Gasteiger charge is -2.58. The number of aliphatic hydroxyl groups excluding tert-OH is 2. The molecule has 0 radical (unpaired) electrons. The van der Waals surface area contributed by atoms with E-state index in [0.717, 1.165) is 57.8 Å². The second kappa shape index (κ2) is 7.89. The Balaban J connectivity index is 1.57. The van der Waals surface area contributed by atoms with Crippen molar-refractivity contribution in [1.82, 2.24) is 0 Å². The van der Waals surface area contributed by atoms with E-state index in [1.807, 2.05) is 6.92 Å². The molecule has 0 amide bonds. The molecule has 0 aromatic heterocycles. The smallest absolute Gasteiger partial charge is 0.0677 e. The standard InChI is InChI=1S/C27H46O3/c1-17(2)7-6-12-27(5,30)24-23(29)16-22-20-9-8-18-15-19(28)10-13-25(18,3)21(20)11-14-26(22,24)4/h8,17,19-24,28-30H,6-7,9-16H2,1-5H3/t19-,20+,21-,22-,23-,24-,25-,26-,27+/m0/s1. The first-order chi connectivity index (χ1) is 14.0. The van der Waals surface area contributed by atoms with Crippen molar-refractivity contribution in [2.45, 2.75) is 117 Å². The highest BCUT2D eigenvalue weighted by atomic mass is 16.3. The van der Waals surface area contributed by atoms with Gasteiger partial charge >= 0.3 is 0 Å². The summed E-state index contributed by atoms with van der Waals surface area (Å²) in [7, 11) is 0. The van der Waals surface area contributed by atoms with Crippen molar-refractivity contribution in [2.75, 3.05) is 0 Å². The fraction of sp³-hybridized carbons (Fsp3) is 0.926. The topological polar surface area (TPSA) is 60.7 Å². The van der Waals surface area contributed by atoms with Gasteiger partial charge in [0.1, 0.15) is 0 Å².